The molecule has 2 heterocycles. The van der Waals surface area contributed by atoms with Crippen molar-refractivity contribution >= 4 is 29.6 Å². The molecule has 25 heavy (non-hydrogen) atoms. The number of carboxylic acid groups (broad SMARTS) is 2. The molecular formula is C15H25N3O6S. The zero-order valence-electron chi connectivity index (χ0n) is 14.1. The molecule has 0 bridgehead atoms. The van der Waals surface area contributed by atoms with Crippen LogP contribution in [-0.2, 0) is 14.4 Å². The van der Waals surface area contributed by atoms with E-state index in [0.717, 1.165) is 0 Å². The molecular weight excluding hydrogens is 350 g/mol. The van der Waals surface area contributed by atoms with Gasteiger partial charge in [-0.3, -0.25) is 19.7 Å². The van der Waals surface area contributed by atoms with Crippen molar-refractivity contribution in [1.29, 1.82) is 0 Å². The number of primary amides is 1. The van der Waals surface area contributed by atoms with Crippen molar-refractivity contribution in [2.24, 2.45) is 17.6 Å². The summed E-state index contributed by atoms with van der Waals surface area (Å²) in [6.45, 7) is 3.73. The van der Waals surface area contributed by atoms with E-state index >= 15 is 0 Å². The van der Waals surface area contributed by atoms with Crippen LogP contribution < -0.4 is 16.4 Å². The molecule has 1 amide bonds. The molecule has 0 aromatic carbocycles. The summed E-state index contributed by atoms with van der Waals surface area (Å²) in [5.41, 5.74) is 5.29. The zero-order valence-corrected chi connectivity index (χ0v) is 14.9. The van der Waals surface area contributed by atoms with Crippen molar-refractivity contribution in [1.82, 2.24) is 10.6 Å². The summed E-state index contributed by atoms with van der Waals surface area (Å²) in [6.07, 6.45) is -0.595. The third-order valence-corrected chi connectivity index (χ3v) is 6.79. The quantitative estimate of drug-likeness (QED) is 0.309. The van der Waals surface area contributed by atoms with Crippen molar-refractivity contribution < 1.29 is 29.7 Å². The molecule has 0 spiro atoms. The number of carbonyl (C=O) groups excluding carboxylic acids is 1. The van der Waals surface area contributed by atoms with Gasteiger partial charge in [0.25, 0.3) is 0 Å². The van der Waals surface area contributed by atoms with Gasteiger partial charge in [-0.2, -0.15) is 11.8 Å². The molecule has 2 aliphatic heterocycles. The highest BCUT2D eigenvalue weighted by atomic mass is 32.2. The van der Waals surface area contributed by atoms with Gasteiger partial charge >= 0.3 is 11.9 Å². The molecule has 142 valence electrons. The highest BCUT2D eigenvalue weighted by Gasteiger charge is 2.51. The van der Waals surface area contributed by atoms with Crippen LogP contribution in [0, 0.1) is 11.8 Å². The van der Waals surface area contributed by atoms with Crippen LogP contribution in [0.3, 0.4) is 0 Å². The Labute approximate surface area is 149 Å². The molecule has 0 aromatic heterocycles. The number of amides is 1. The van der Waals surface area contributed by atoms with E-state index in [2.05, 4.69) is 10.6 Å². The minimum Gasteiger partial charge on any atom is -0.481 e. The maximum atomic E-state index is 11.6. The van der Waals surface area contributed by atoms with Crippen molar-refractivity contribution in [2.75, 3.05) is 6.54 Å². The van der Waals surface area contributed by atoms with Crippen LogP contribution >= 0.6 is 11.8 Å². The average molecular weight is 375 g/mol. The predicted octanol–water partition coefficient (Wildman–Crippen LogP) is -1.55. The Hall–Kier alpha value is -1.36. The number of nitrogens with two attached hydrogens (primary N) is 1. The van der Waals surface area contributed by atoms with Crippen LogP contribution in [0.2, 0.25) is 0 Å². The molecule has 10 heteroatoms. The summed E-state index contributed by atoms with van der Waals surface area (Å²) < 4.78 is 0. The molecule has 0 aliphatic carbocycles. The molecule has 0 radical (unpaired) electrons. The number of aliphatic hydroxyl groups is 1. The number of nitrogens with one attached hydrogen (secondary N) is 2. The Morgan fingerprint density at radius 1 is 1.28 bits per heavy atom. The predicted molar refractivity (Wildman–Crippen MR) is 91.1 cm³/mol. The van der Waals surface area contributed by atoms with Crippen molar-refractivity contribution in [2.45, 2.75) is 55.0 Å². The van der Waals surface area contributed by atoms with E-state index in [4.69, 9.17) is 5.73 Å². The molecule has 9 nitrogen and oxygen atoms in total. The first-order valence-corrected chi connectivity index (χ1v) is 9.15. The Morgan fingerprint density at radius 3 is 2.36 bits per heavy atom. The number of carbonyl (C=O) groups is 3. The maximum Gasteiger partial charge on any atom is 0.321 e. The van der Waals surface area contributed by atoms with Crippen molar-refractivity contribution in [3.8, 4) is 0 Å². The molecule has 1 unspecified atom stereocenters. The number of hydrogen-bond acceptors (Lipinski definition) is 7. The second kappa shape index (κ2) is 7.90. The average Bonchev–Trinajstić information content (AvgIpc) is 3.07. The first-order chi connectivity index (χ1) is 11.6. The number of aliphatic carboxylic acids is 2. The molecule has 0 aromatic rings. The van der Waals surface area contributed by atoms with Gasteiger partial charge in [-0.05, 0) is 19.3 Å². The smallest absolute Gasteiger partial charge is 0.321 e. The van der Waals surface area contributed by atoms with Crippen molar-refractivity contribution in [3.05, 3.63) is 0 Å². The third kappa shape index (κ3) is 4.25. The highest BCUT2D eigenvalue weighted by Crippen LogP contribution is 2.39. The lowest BCUT2D eigenvalue weighted by Crippen LogP contribution is -2.47. The highest BCUT2D eigenvalue weighted by molar-refractivity contribution is 8.00. The molecule has 2 aliphatic rings. The molecule has 2 saturated heterocycles. The number of aliphatic hydroxyl groups excluding tert-OH is 1. The van der Waals surface area contributed by atoms with Crippen LogP contribution in [0.4, 0.5) is 0 Å². The fraction of sp³-hybridized carbons (Fsp3) is 0.800. The van der Waals surface area contributed by atoms with E-state index in [0.29, 0.717) is 13.0 Å². The molecule has 8 atom stereocenters. The van der Waals surface area contributed by atoms with Gasteiger partial charge in [-0.25, -0.2) is 0 Å². The largest absolute Gasteiger partial charge is 0.481 e. The first-order valence-electron chi connectivity index (χ1n) is 8.21. The minimum atomic E-state index is -1.16. The number of rotatable bonds is 7. The van der Waals surface area contributed by atoms with Gasteiger partial charge in [0.15, 0.2) is 0 Å². The van der Waals surface area contributed by atoms with E-state index < -0.39 is 48.0 Å². The van der Waals surface area contributed by atoms with Crippen LogP contribution in [-0.4, -0.2) is 74.4 Å². The lowest BCUT2D eigenvalue weighted by atomic mass is 9.87. The van der Waals surface area contributed by atoms with Gasteiger partial charge in [-0.15, -0.1) is 0 Å². The second-order valence-electron chi connectivity index (χ2n) is 6.79. The summed E-state index contributed by atoms with van der Waals surface area (Å²) in [7, 11) is 0. The number of thioether (sulfide) groups is 1. The Balaban J connectivity index is 2.14. The van der Waals surface area contributed by atoms with Crippen LogP contribution in [0.1, 0.15) is 20.3 Å². The molecule has 2 fully saturated rings. The van der Waals surface area contributed by atoms with E-state index in [-0.39, 0.29) is 16.4 Å². The fourth-order valence-corrected chi connectivity index (χ4v) is 5.42. The lowest BCUT2D eigenvalue weighted by molar-refractivity contribution is -0.147. The lowest BCUT2D eigenvalue weighted by Gasteiger charge is -2.27. The summed E-state index contributed by atoms with van der Waals surface area (Å²) >= 11 is 1.44. The van der Waals surface area contributed by atoms with Gasteiger partial charge in [0.1, 0.15) is 6.04 Å². The Kier molecular flexibility index (Phi) is 6.30. The summed E-state index contributed by atoms with van der Waals surface area (Å²) in [5, 5.41) is 34.3. The van der Waals surface area contributed by atoms with Crippen molar-refractivity contribution in [3.63, 3.8) is 0 Å². The van der Waals surface area contributed by atoms with Crippen LogP contribution in [0.15, 0.2) is 0 Å². The topological polar surface area (TPSA) is 162 Å². The molecule has 2 rings (SSSR count). The Bertz CT molecular complexity index is 545. The van der Waals surface area contributed by atoms with Gasteiger partial charge in [0, 0.05) is 23.1 Å². The number of hydrogen-bond donors (Lipinski definition) is 6. The van der Waals surface area contributed by atoms with E-state index in [1.165, 1.54) is 18.7 Å². The van der Waals surface area contributed by atoms with Crippen LogP contribution in [0.25, 0.3) is 0 Å². The van der Waals surface area contributed by atoms with Gasteiger partial charge < -0.3 is 26.4 Å². The third-order valence-electron chi connectivity index (χ3n) is 5.03. The van der Waals surface area contributed by atoms with E-state index in [1.807, 2.05) is 0 Å². The van der Waals surface area contributed by atoms with Gasteiger partial charge in [0.05, 0.1) is 18.1 Å². The Morgan fingerprint density at radius 2 is 1.92 bits per heavy atom. The summed E-state index contributed by atoms with van der Waals surface area (Å²) in [5.74, 6) is -4.03. The first kappa shape index (κ1) is 20.0. The monoisotopic (exact) mass is 375 g/mol. The zero-order chi connectivity index (χ0) is 18.9. The molecule has 0 saturated carbocycles. The summed E-state index contributed by atoms with van der Waals surface area (Å²) in [4.78, 5) is 34.4. The standard InChI is InChI=1S/C15H25N3O6S/c1-5-10(9(6(2)19)14(21)22)18-11(15(23)24)12(5)25-7-3-8(13(16)20)17-4-7/h5-12,17-19H,3-4H2,1-2H3,(H2,16,20)(H,21,22)(H,23,24)/t5-,6-,7+,8+,9-,10-,11?,12+/m1/s1. The normalized spacial score (nSPS) is 37.6. The second-order valence-corrected chi connectivity index (χ2v) is 8.28. The van der Waals surface area contributed by atoms with Gasteiger partial charge in [0.2, 0.25) is 5.91 Å². The van der Waals surface area contributed by atoms with Gasteiger partial charge in [-0.1, -0.05) is 6.92 Å². The van der Waals surface area contributed by atoms with E-state index in [1.54, 1.807) is 6.92 Å². The fourth-order valence-electron chi connectivity index (χ4n) is 3.71. The van der Waals surface area contributed by atoms with Crippen LogP contribution in [0.5, 0.6) is 0 Å². The summed E-state index contributed by atoms with van der Waals surface area (Å²) in [6, 6.07) is -2.00. The minimum absolute atomic E-state index is 0.0159. The number of carboxylic acids is 2. The maximum absolute atomic E-state index is 11.6. The molecule has 7 N–H and O–H groups in total. The SMILES string of the molecule is C[C@@H]1[C@H]([C@H](C(=O)O)[C@@H](C)O)NC(C(=O)O)[C@H]1S[C@@H]1CN[C@H](C(N)=O)C1. The van der Waals surface area contributed by atoms with E-state index in [9.17, 15) is 29.7 Å².